The Balaban J connectivity index is 2.32. The van der Waals surface area contributed by atoms with Crippen molar-refractivity contribution in [2.24, 2.45) is 0 Å². The van der Waals surface area contributed by atoms with E-state index in [2.05, 4.69) is 15.4 Å². The fraction of sp³-hybridized carbons (Fsp3) is 0.462. The van der Waals surface area contributed by atoms with Gasteiger partial charge in [-0.1, -0.05) is 12.1 Å². The van der Waals surface area contributed by atoms with Gasteiger partial charge in [-0.2, -0.15) is 8.78 Å². The zero-order chi connectivity index (χ0) is 14.8. The summed E-state index contributed by atoms with van der Waals surface area (Å²) in [6, 6.07) is 5.87. The predicted octanol–water partition coefficient (Wildman–Crippen LogP) is 2.12. The van der Waals surface area contributed by atoms with Crippen molar-refractivity contribution in [3.8, 4) is 5.75 Å². The van der Waals surface area contributed by atoms with E-state index in [9.17, 15) is 13.6 Å². The summed E-state index contributed by atoms with van der Waals surface area (Å²) in [6.07, 6.45) is 0.724. The number of urea groups is 1. The lowest BCUT2D eigenvalue weighted by Gasteiger charge is -2.09. The third-order valence-electron chi connectivity index (χ3n) is 2.39. The minimum Gasteiger partial charge on any atom is -0.435 e. The number of nitrogens with one attached hydrogen (secondary N) is 2. The highest BCUT2D eigenvalue weighted by Crippen LogP contribution is 2.15. The predicted molar refractivity (Wildman–Crippen MR) is 69.8 cm³/mol. The quantitative estimate of drug-likeness (QED) is 0.720. The largest absolute Gasteiger partial charge is 0.435 e. The van der Waals surface area contributed by atoms with Gasteiger partial charge in [0.05, 0.1) is 0 Å². The summed E-state index contributed by atoms with van der Waals surface area (Å²) in [5.74, 6) is 0.0693. The molecule has 2 N–H and O–H groups in total. The number of methoxy groups -OCH3 is 1. The van der Waals surface area contributed by atoms with Crippen molar-refractivity contribution in [3.63, 3.8) is 0 Å². The number of hydrogen-bond acceptors (Lipinski definition) is 3. The van der Waals surface area contributed by atoms with Gasteiger partial charge >= 0.3 is 12.6 Å². The normalized spacial score (nSPS) is 10.4. The Morgan fingerprint density at radius 1 is 1.35 bits per heavy atom. The van der Waals surface area contributed by atoms with Crippen molar-refractivity contribution in [3.05, 3.63) is 29.8 Å². The Hall–Kier alpha value is -1.89. The lowest BCUT2D eigenvalue weighted by Crippen LogP contribution is -2.35. The van der Waals surface area contributed by atoms with Crippen LogP contribution in [0, 0.1) is 0 Å². The highest BCUT2D eigenvalue weighted by atomic mass is 19.3. The molecule has 0 spiro atoms. The maximum atomic E-state index is 12.1. The molecular weight excluding hydrogens is 270 g/mol. The molecule has 2 amide bonds. The molecule has 0 radical (unpaired) electrons. The molecule has 0 atom stereocenters. The first-order valence-corrected chi connectivity index (χ1v) is 6.16. The van der Waals surface area contributed by atoms with Gasteiger partial charge in [0, 0.05) is 26.8 Å². The summed E-state index contributed by atoms with van der Waals surface area (Å²) in [4.78, 5) is 11.4. The average molecular weight is 288 g/mol. The average Bonchev–Trinajstić information content (AvgIpc) is 2.41. The molecule has 112 valence electrons. The number of alkyl halides is 2. The number of hydrogen-bond donors (Lipinski definition) is 2. The summed E-state index contributed by atoms with van der Waals surface area (Å²) in [6.45, 7) is -1.54. The lowest BCUT2D eigenvalue weighted by atomic mass is 10.2. The summed E-state index contributed by atoms with van der Waals surface area (Å²) in [7, 11) is 1.59. The zero-order valence-corrected chi connectivity index (χ0v) is 11.2. The van der Waals surface area contributed by atoms with Crippen LogP contribution in [-0.2, 0) is 11.3 Å². The zero-order valence-electron chi connectivity index (χ0n) is 11.2. The molecule has 0 saturated heterocycles. The van der Waals surface area contributed by atoms with Crippen LogP contribution in [0.1, 0.15) is 12.0 Å². The van der Waals surface area contributed by atoms with E-state index in [4.69, 9.17) is 4.74 Å². The summed E-state index contributed by atoms with van der Waals surface area (Å²) in [5, 5.41) is 5.28. The number of carbonyl (C=O) groups is 1. The Morgan fingerprint density at radius 2 is 2.15 bits per heavy atom. The van der Waals surface area contributed by atoms with Gasteiger partial charge in [-0.15, -0.1) is 0 Å². The number of rotatable bonds is 8. The van der Waals surface area contributed by atoms with E-state index in [0.29, 0.717) is 18.7 Å². The van der Waals surface area contributed by atoms with Crippen LogP contribution in [0.4, 0.5) is 13.6 Å². The highest BCUT2D eigenvalue weighted by Gasteiger charge is 2.05. The first-order chi connectivity index (χ1) is 9.61. The topological polar surface area (TPSA) is 59.6 Å². The molecule has 20 heavy (non-hydrogen) atoms. The first kappa shape index (κ1) is 16.2. The molecule has 0 aliphatic carbocycles. The number of amides is 2. The molecule has 0 saturated carbocycles. The summed E-state index contributed by atoms with van der Waals surface area (Å²) < 4.78 is 33.2. The van der Waals surface area contributed by atoms with Crippen molar-refractivity contribution in [1.29, 1.82) is 0 Å². The lowest BCUT2D eigenvalue weighted by molar-refractivity contribution is -0.0498. The van der Waals surface area contributed by atoms with Crippen LogP contribution in [0.3, 0.4) is 0 Å². The van der Waals surface area contributed by atoms with Gasteiger partial charge in [0.1, 0.15) is 5.75 Å². The van der Waals surface area contributed by atoms with E-state index in [0.717, 1.165) is 6.42 Å². The monoisotopic (exact) mass is 288 g/mol. The van der Waals surface area contributed by atoms with Crippen LogP contribution in [0.25, 0.3) is 0 Å². The Bertz CT molecular complexity index is 416. The van der Waals surface area contributed by atoms with Crippen molar-refractivity contribution in [2.45, 2.75) is 19.6 Å². The fourth-order valence-corrected chi connectivity index (χ4v) is 1.49. The second-order valence-electron chi connectivity index (χ2n) is 3.98. The smallest absolute Gasteiger partial charge is 0.387 e. The molecule has 0 aliphatic heterocycles. The third-order valence-corrected chi connectivity index (χ3v) is 2.39. The minimum atomic E-state index is -2.86. The third kappa shape index (κ3) is 6.89. The van der Waals surface area contributed by atoms with E-state index in [-0.39, 0.29) is 18.3 Å². The summed E-state index contributed by atoms with van der Waals surface area (Å²) in [5.41, 5.74) is 0.676. The van der Waals surface area contributed by atoms with Gasteiger partial charge in [0.2, 0.25) is 0 Å². The van der Waals surface area contributed by atoms with Crippen LogP contribution < -0.4 is 15.4 Å². The number of benzene rings is 1. The van der Waals surface area contributed by atoms with E-state index >= 15 is 0 Å². The van der Waals surface area contributed by atoms with Gasteiger partial charge in [0.15, 0.2) is 0 Å². The first-order valence-electron chi connectivity index (χ1n) is 6.16. The van der Waals surface area contributed by atoms with Crippen LogP contribution in [0.5, 0.6) is 5.75 Å². The van der Waals surface area contributed by atoms with Crippen molar-refractivity contribution < 1.29 is 23.0 Å². The molecule has 0 bridgehead atoms. The molecule has 5 nitrogen and oxygen atoms in total. The second-order valence-corrected chi connectivity index (χ2v) is 3.98. The maximum absolute atomic E-state index is 12.1. The molecule has 0 aliphatic rings. The van der Waals surface area contributed by atoms with Crippen molar-refractivity contribution in [1.82, 2.24) is 10.6 Å². The van der Waals surface area contributed by atoms with E-state index < -0.39 is 6.61 Å². The summed E-state index contributed by atoms with van der Waals surface area (Å²) >= 11 is 0. The maximum Gasteiger partial charge on any atom is 0.387 e. The second kappa shape index (κ2) is 9.08. The van der Waals surface area contributed by atoms with E-state index in [1.807, 2.05) is 0 Å². The standard InChI is InChI=1S/C13H18F2N2O3/c1-19-7-3-6-16-13(18)17-9-10-4-2-5-11(8-10)20-12(14)15/h2,4-5,8,12H,3,6-7,9H2,1H3,(H2,16,17,18). The van der Waals surface area contributed by atoms with Crippen molar-refractivity contribution in [2.75, 3.05) is 20.3 Å². The van der Waals surface area contributed by atoms with Crippen molar-refractivity contribution >= 4 is 6.03 Å². The van der Waals surface area contributed by atoms with Gasteiger partial charge in [-0.3, -0.25) is 0 Å². The molecule has 0 unspecified atom stereocenters. The number of halogens is 2. The SMILES string of the molecule is COCCCNC(=O)NCc1cccc(OC(F)F)c1. The van der Waals surface area contributed by atoms with Gasteiger partial charge in [-0.05, 0) is 24.1 Å². The molecule has 1 aromatic rings. The minimum absolute atomic E-state index is 0.0693. The molecule has 0 fully saturated rings. The molecule has 0 aromatic heterocycles. The van der Waals surface area contributed by atoms with Crippen LogP contribution >= 0.6 is 0 Å². The molecular formula is C13H18F2N2O3. The molecule has 0 heterocycles. The van der Waals surface area contributed by atoms with Crippen LogP contribution in [-0.4, -0.2) is 32.9 Å². The van der Waals surface area contributed by atoms with Crippen LogP contribution in [0.15, 0.2) is 24.3 Å². The fourth-order valence-electron chi connectivity index (χ4n) is 1.49. The van der Waals surface area contributed by atoms with Crippen LogP contribution in [0.2, 0.25) is 0 Å². The molecule has 1 rings (SSSR count). The van der Waals surface area contributed by atoms with Gasteiger partial charge < -0.3 is 20.1 Å². The highest BCUT2D eigenvalue weighted by molar-refractivity contribution is 5.73. The van der Waals surface area contributed by atoms with Gasteiger partial charge in [0.25, 0.3) is 0 Å². The van der Waals surface area contributed by atoms with E-state index in [1.165, 1.54) is 12.1 Å². The number of ether oxygens (including phenoxy) is 2. The number of carbonyl (C=O) groups excluding carboxylic acids is 1. The Labute approximate surface area is 116 Å². The Morgan fingerprint density at radius 3 is 2.85 bits per heavy atom. The Kier molecular flexibility index (Phi) is 7.34. The molecule has 7 heteroatoms. The molecule has 1 aromatic carbocycles. The van der Waals surface area contributed by atoms with E-state index in [1.54, 1.807) is 19.2 Å². The van der Waals surface area contributed by atoms with Gasteiger partial charge in [-0.25, -0.2) is 4.79 Å².